The topological polar surface area (TPSA) is 73.1 Å². The SMILES string of the molecule is CSc1ncnc2c1ncn2C1OC(C)C[C@@H]1O. The smallest absolute Gasteiger partial charge is 0.166 e. The largest absolute Gasteiger partial charge is 0.388 e. The number of fused-ring (bicyclic) bond motifs is 1. The summed E-state index contributed by atoms with van der Waals surface area (Å²) < 4.78 is 7.49. The van der Waals surface area contributed by atoms with Crippen molar-refractivity contribution < 1.29 is 9.84 Å². The standard InChI is InChI=1S/C11H14N4O2S/c1-6-3-7(16)11(17-6)15-5-14-8-9(15)12-4-13-10(8)18-2/h4-7,11,16H,3H2,1-2H3/t6?,7-,11?/m0/s1. The Morgan fingerprint density at radius 1 is 1.44 bits per heavy atom. The Hall–Kier alpha value is -1.18. The fraction of sp³-hybridized carbons (Fsp3) is 0.545. The molecular weight excluding hydrogens is 252 g/mol. The maximum atomic E-state index is 9.99. The molecule has 0 amide bonds. The van der Waals surface area contributed by atoms with Gasteiger partial charge in [-0.05, 0) is 13.2 Å². The third-order valence-corrected chi connectivity index (χ3v) is 3.75. The van der Waals surface area contributed by atoms with E-state index >= 15 is 0 Å². The predicted octanol–water partition coefficient (Wildman–Crippen LogP) is 1.22. The van der Waals surface area contributed by atoms with Crippen LogP contribution in [-0.2, 0) is 4.74 Å². The number of hydrogen-bond acceptors (Lipinski definition) is 6. The van der Waals surface area contributed by atoms with Gasteiger partial charge in [-0.1, -0.05) is 0 Å². The fourth-order valence-corrected chi connectivity index (χ4v) is 2.75. The second-order valence-corrected chi connectivity index (χ2v) is 5.14. The van der Waals surface area contributed by atoms with E-state index in [0.29, 0.717) is 12.1 Å². The van der Waals surface area contributed by atoms with Crippen LogP contribution in [0.15, 0.2) is 17.7 Å². The summed E-state index contributed by atoms with van der Waals surface area (Å²) in [5.74, 6) is 0. The van der Waals surface area contributed by atoms with E-state index in [-0.39, 0.29) is 6.10 Å². The summed E-state index contributed by atoms with van der Waals surface area (Å²) in [5, 5.41) is 10.8. The van der Waals surface area contributed by atoms with Gasteiger partial charge < -0.3 is 9.84 Å². The highest BCUT2D eigenvalue weighted by Crippen LogP contribution is 2.31. The van der Waals surface area contributed by atoms with E-state index in [1.165, 1.54) is 18.1 Å². The number of aromatic nitrogens is 4. The first-order chi connectivity index (χ1) is 8.70. The lowest BCUT2D eigenvalue weighted by atomic mass is 10.2. The van der Waals surface area contributed by atoms with E-state index in [2.05, 4.69) is 15.0 Å². The van der Waals surface area contributed by atoms with Crippen LogP contribution in [0.1, 0.15) is 19.6 Å². The van der Waals surface area contributed by atoms with Crippen LogP contribution >= 0.6 is 11.8 Å². The maximum absolute atomic E-state index is 9.99. The summed E-state index contributed by atoms with van der Waals surface area (Å²) in [5.41, 5.74) is 1.45. The van der Waals surface area contributed by atoms with Crippen molar-refractivity contribution in [3.8, 4) is 0 Å². The molecule has 96 valence electrons. The van der Waals surface area contributed by atoms with Crippen molar-refractivity contribution in [2.45, 2.75) is 36.8 Å². The minimum absolute atomic E-state index is 0.0457. The lowest BCUT2D eigenvalue weighted by Gasteiger charge is -2.16. The Morgan fingerprint density at radius 3 is 2.94 bits per heavy atom. The van der Waals surface area contributed by atoms with E-state index in [1.807, 2.05) is 13.2 Å². The molecule has 2 unspecified atom stereocenters. The van der Waals surface area contributed by atoms with E-state index in [9.17, 15) is 5.11 Å². The summed E-state index contributed by atoms with van der Waals surface area (Å²) in [6, 6.07) is 0. The Labute approximate surface area is 108 Å². The highest BCUT2D eigenvalue weighted by Gasteiger charge is 2.34. The molecule has 1 aliphatic rings. The van der Waals surface area contributed by atoms with Gasteiger partial charge in [-0.15, -0.1) is 11.8 Å². The van der Waals surface area contributed by atoms with E-state index < -0.39 is 12.3 Å². The molecule has 0 saturated carbocycles. The molecule has 18 heavy (non-hydrogen) atoms. The molecule has 0 bridgehead atoms. The Bertz CT molecular complexity index is 573. The van der Waals surface area contributed by atoms with Gasteiger partial charge in [0.1, 0.15) is 23.0 Å². The van der Waals surface area contributed by atoms with Crippen molar-refractivity contribution in [2.24, 2.45) is 0 Å². The van der Waals surface area contributed by atoms with E-state index in [1.54, 1.807) is 10.9 Å². The highest BCUT2D eigenvalue weighted by atomic mass is 32.2. The van der Waals surface area contributed by atoms with Gasteiger partial charge >= 0.3 is 0 Å². The first-order valence-corrected chi connectivity index (χ1v) is 6.98. The molecule has 6 nitrogen and oxygen atoms in total. The predicted molar refractivity (Wildman–Crippen MR) is 67.3 cm³/mol. The molecular formula is C11H14N4O2S. The number of aliphatic hydroxyl groups excluding tert-OH is 1. The molecule has 0 aliphatic carbocycles. The normalized spacial score (nSPS) is 28.1. The second-order valence-electron chi connectivity index (χ2n) is 4.35. The third kappa shape index (κ3) is 1.79. The van der Waals surface area contributed by atoms with Crippen LogP contribution in [0, 0.1) is 0 Å². The van der Waals surface area contributed by atoms with Gasteiger partial charge in [0.15, 0.2) is 11.9 Å². The van der Waals surface area contributed by atoms with Crippen LogP contribution in [0.3, 0.4) is 0 Å². The molecule has 3 atom stereocenters. The van der Waals surface area contributed by atoms with E-state index in [4.69, 9.17) is 4.74 Å². The monoisotopic (exact) mass is 266 g/mol. The average Bonchev–Trinajstić information content (AvgIpc) is 2.91. The van der Waals surface area contributed by atoms with Crippen molar-refractivity contribution >= 4 is 22.9 Å². The maximum Gasteiger partial charge on any atom is 0.166 e. The Kier molecular flexibility index (Phi) is 2.96. The minimum Gasteiger partial charge on any atom is -0.388 e. The van der Waals surface area contributed by atoms with Crippen molar-refractivity contribution in [3.63, 3.8) is 0 Å². The summed E-state index contributed by atoms with van der Waals surface area (Å²) in [6.45, 7) is 1.95. The molecule has 0 radical (unpaired) electrons. The molecule has 2 aromatic rings. The number of thioether (sulfide) groups is 1. The molecule has 1 saturated heterocycles. The summed E-state index contributed by atoms with van der Waals surface area (Å²) >= 11 is 1.53. The molecule has 1 aliphatic heterocycles. The molecule has 1 fully saturated rings. The number of imidazole rings is 1. The molecule has 7 heteroatoms. The first kappa shape index (κ1) is 11.9. The van der Waals surface area contributed by atoms with Gasteiger partial charge in [-0.25, -0.2) is 15.0 Å². The van der Waals surface area contributed by atoms with Gasteiger partial charge in [0, 0.05) is 6.42 Å². The van der Waals surface area contributed by atoms with Crippen LogP contribution in [0.25, 0.3) is 11.2 Å². The molecule has 3 rings (SSSR count). The molecule has 0 aromatic carbocycles. The van der Waals surface area contributed by atoms with Crippen molar-refractivity contribution in [1.82, 2.24) is 19.5 Å². The molecule has 2 aromatic heterocycles. The lowest BCUT2D eigenvalue weighted by Crippen LogP contribution is -2.19. The van der Waals surface area contributed by atoms with Crippen LogP contribution < -0.4 is 0 Å². The summed E-state index contributed by atoms with van der Waals surface area (Å²) in [4.78, 5) is 12.7. The molecule has 1 N–H and O–H groups in total. The zero-order chi connectivity index (χ0) is 12.7. The van der Waals surface area contributed by atoms with Crippen molar-refractivity contribution in [2.75, 3.05) is 6.26 Å². The summed E-state index contributed by atoms with van der Waals surface area (Å²) in [7, 11) is 0. The highest BCUT2D eigenvalue weighted by molar-refractivity contribution is 7.98. The van der Waals surface area contributed by atoms with Crippen LogP contribution in [-0.4, -0.2) is 43.1 Å². The van der Waals surface area contributed by atoms with E-state index in [0.717, 1.165) is 10.5 Å². The zero-order valence-electron chi connectivity index (χ0n) is 10.1. The second kappa shape index (κ2) is 4.49. The minimum atomic E-state index is -0.523. The number of rotatable bonds is 2. The number of nitrogens with zero attached hydrogens (tertiary/aromatic N) is 4. The van der Waals surface area contributed by atoms with Crippen molar-refractivity contribution in [3.05, 3.63) is 12.7 Å². The first-order valence-electron chi connectivity index (χ1n) is 5.75. The summed E-state index contributed by atoms with van der Waals surface area (Å²) in [6.07, 6.45) is 4.86. The average molecular weight is 266 g/mol. The van der Waals surface area contributed by atoms with Gasteiger partial charge in [0.2, 0.25) is 0 Å². The third-order valence-electron chi connectivity index (χ3n) is 3.07. The molecule has 3 heterocycles. The van der Waals surface area contributed by atoms with Crippen LogP contribution in [0.5, 0.6) is 0 Å². The van der Waals surface area contributed by atoms with Crippen molar-refractivity contribution in [1.29, 1.82) is 0 Å². The quantitative estimate of drug-likeness (QED) is 0.651. The van der Waals surface area contributed by atoms with Crippen LogP contribution in [0.2, 0.25) is 0 Å². The van der Waals surface area contributed by atoms with Gasteiger partial charge in [0.25, 0.3) is 0 Å². The lowest BCUT2D eigenvalue weighted by molar-refractivity contribution is -0.0297. The van der Waals surface area contributed by atoms with Gasteiger partial charge in [0.05, 0.1) is 12.4 Å². The number of hydrogen-bond donors (Lipinski definition) is 1. The van der Waals surface area contributed by atoms with Gasteiger partial charge in [-0.2, -0.15) is 0 Å². The zero-order valence-corrected chi connectivity index (χ0v) is 11.0. The molecule has 0 spiro atoms. The Morgan fingerprint density at radius 2 is 2.28 bits per heavy atom. The fourth-order valence-electron chi connectivity index (χ4n) is 2.26. The number of aliphatic hydroxyl groups is 1. The number of ether oxygens (including phenoxy) is 1. The van der Waals surface area contributed by atoms with Gasteiger partial charge in [-0.3, -0.25) is 4.57 Å². The Balaban J connectivity index is 2.08. The van der Waals surface area contributed by atoms with Crippen LogP contribution in [0.4, 0.5) is 0 Å².